The summed E-state index contributed by atoms with van der Waals surface area (Å²) in [5, 5.41) is 0. The fourth-order valence-electron chi connectivity index (χ4n) is 1.23. The van der Waals surface area contributed by atoms with Gasteiger partial charge in [-0.15, -0.1) is 0 Å². The summed E-state index contributed by atoms with van der Waals surface area (Å²) in [5.41, 5.74) is 0. The maximum absolute atomic E-state index is 12.5. The van der Waals surface area contributed by atoms with Crippen LogP contribution in [0.3, 0.4) is 0 Å². The van der Waals surface area contributed by atoms with Crippen LogP contribution in [-0.4, -0.2) is 36.2 Å². The van der Waals surface area contributed by atoms with E-state index in [0.717, 1.165) is 0 Å². The van der Waals surface area contributed by atoms with Crippen molar-refractivity contribution in [2.75, 3.05) is 13.1 Å². The van der Waals surface area contributed by atoms with E-state index in [-0.39, 0.29) is 25.9 Å². The smallest absolute Gasteiger partial charge is 0.335 e. The highest BCUT2D eigenvalue weighted by molar-refractivity contribution is 5.81. The number of amides is 1. The summed E-state index contributed by atoms with van der Waals surface area (Å²) in [7, 11) is 0. The van der Waals surface area contributed by atoms with Gasteiger partial charge in [-0.25, -0.2) is 4.39 Å². The van der Waals surface area contributed by atoms with E-state index in [2.05, 4.69) is 0 Å². The van der Waals surface area contributed by atoms with Crippen molar-refractivity contribution < 1.29 is 22.4 Å². The van der Waals surface area contributed by atoms with Crippen molar-refractivity contribution >= 4 is 5.91 Å². The lowest BCUT2D eigenvalue weighted by atomic mass is 10.1. The molecule has 0 aromatic rings. The summed E-state index contributed by atoms with van der Waals surface area (Å²) in [6.07, 6.45) is -5.90. The predicted molar refractivity (Wildman–Crippen MR) is 36.8 cm³/mol. The van der Waals surface area contributed by atoms with E-state index in [1.165, 1.54) is 0 Å². The maximum atomic E-state index is 12.5. The maximum Gasteiger partial charge on any atom is 0.471 e. The van der Waals surface area contributed by atoms with Crippen LogP contribution in [-0.2, 0) is 4.79 Å². The Bertz CT molecular complexity index is 195. The number of piperidine rings is 1. The molecule has 0 aromatic carbocycles. The van der Waals surface area contributed by atoms with E-state index in [4.69, 9.17) is 0 Å². The molecule has 0 unspecified atom stereocenters. The summed E-state index contributed by atoms with van der Waals surface area (Å²) in [5.74, 6) is -1.86. The molecule has 1 aliphatic rings. The third-order valence-corrected chi connectivity index (χ3v) is 1.95. The molecule has 0 N–H and O–H groups in total. The van der Waals surface area contributed by atoms with Gasteiger partial charge in [0, 0.05) is 13.1 Å². The number of hydrogen-bond acceptors (Lipinski definition) is 1. The van der Waals surface area contributed by atoms with Gasteiger partial charge in [-0.05, 0) is 12.8 Å². The number of likely N-dealkylation sites (tertiary alicyclic amines) is 1. The van der Waals surface area contributed by atoms with Gasteiger partial charge in [-0.3, -0.25) is 4.79 Å². The van der Waals surface area contributed by atoms with Crippen LogP contribution in [0.4, 0.5) is 17.6 Å². The predicted octanol–water partition coefficient (Wildman–Crippen LogP) is 1.51. The van der Waals surface area contributed by atoms with E-state index in [9.17, 15) is 22.4 Å². The monoisotopic (exact) mass is 199 g/mol. The molecule has 2 nitrogen and oxygen atoms in total. The molecule has 0 bridgehead atoms. The van der Waals surface area contributed by atoms with Crippen molar-refractivity contribution in [3.63, 3.8) is 0 Å². The molecule has 0 atom stereocenters. The lowest BCUT2D eigenvalue weighted by Crippen LogP contribution is -2.45. The van der Waals surface area contributed by atoms with Gasteiger partial charge in [0.2, 0.25) is 0 Å². The summed E-state index contributed by atoms with van der Waals surface area (Å²) in [6.45, 7) is -0.279. The minimum absolute atomic E-state index is 0.00181. The van der Waals surface area contributed by atoms with Crippen LogP contribution >= 0.6 is 0 Å². The Morgan fingerprint density at radius 3 is 2.08 bits per heavy atom. The normalized spacial score (nSPS) is 20.5. The molecule has 1 aliphatic heterocycles. The Kier molecular flexibility index (Phi) is 2.77. The third-order valence-electron chi connectivity index (χ3n) is 1.95. The second-order valence-electron chi connectivity index (χ2n) is 2.96. The highest BCUT2D eigenvalue weighted by Crippen LogP contribution is 2.22. The van der Waals surface area contributed by atoms with E-state index in [0.29, 0.717) is 4.90 Å². The fraction of sp³-hybridized carbons (Fsp3) is 0.857. The molecule has 76 valence electrons. The molecular formula is C7H9F4NO. The molecule has 1 heterocycles. The molecule has 6 heteroatoms. The molecule has 1 rings (SSSR count). The van der Waals surface area contributed by atoms with Crippen LogP contribution in [0.5, 0.6) is 0 Å². The Hall–Kier alpha value is -0.810. The Morgan fingerprint density at radius 2 is 1.69 bits per heavy atom. The molecular weight excluding hydrogens is 190 g/mol. The topological polar surface area (TPSA) is 20.3 Å². The Morgan fingerprint density at radius 1 is 1.23 bits per heavy atom. The highest BCUT2D eigenvalue weighted by atomic mass is 19.4. The first-order valence-electron chi connectivity index (χ1n) is 3.91. The SMILES string of the molecule is O=C(N1CCC(F)CC1)C(F)(F)F. The number of nitrogens with zero attached hydrogens (tertiary/aromatic N) is 1. The van der Waals surface area contributed by atoms with E-state index in [1.54, 1.807) is 0 Å². The number of rotatable bonds is 0. The molecule has 13 heavy (non-hydrogen) atoms. The molecule has 0 aromatic heterocycles. The summed E-state index contributed by atoms with van der Waals surface area (Å²) in [4.78, 5) is 11.3. The zero-order valence-corrected chi connectivity index (χ0v) is 6.77. The number of carbonyl (C=O) groups is 1. The average Bonchev–Trinajstić information content (AvgIpc) is 2.03. The first kappa shape index (κ1) is 10.3. The fourth-order valence-corrected chi connectivity index (χ4v) is 1.23. The van der Waals surface area contributed by atoms with Gasteiger partial charge >= 0.3 is 12.1 Å². The molecule has 0 radical (unpaired) electrons. The largest absolute Gasteiger partial charge is 0.471 e. The molecule has 0 spiro atoms. The van der Waals surface area contributed by atoms with Crippen LogP contribution in [0.25, 0.3) is 0 Å². The van der Waals surface area contributed by atoms with E-state index < -0.39 is 18.3 Å². The van der Waals surface area contributed by atoms with Crippen LogP contribution in [0.15, 0.2) is 0 Å². The minimum Gasteiger partial charge on any atom is -0.335 e. The van der Waals surface area contributed by atoms with Crippen molar-refractivity contribution in [2.24, 2.45) is 0 Å². The first-order valence-corrected chi connectivity index (χ1v) is 3.91. The summed E-state index contributed by atoms with van der Waals surface area (Å²) >= 11 is 0. The van der Waals surface area contributed by atoms with Gasteiger partial charge in [-0.2, -0.15) is 13.2 Å². The zero-order valence-electron chi connectivity index (χ0n) is 6.77. The lowest BCUT2D eigenvalue weighted by molar-refractivity contribution is -0.186. The van der Waals surface area contributed by atoms with Crippen LogP contribution in [0.1, 0.15) is 12.8 Å². The molecule has 1 amide bonds. The van der Waals surface area contributed by atoms with Crippen molar-refractivity contribution in [3.8, 4) is 0 Å². The van der Waals surface area contributed by atoms with Crippen molar-refractivity contribution in [2.45, 2.75) is 25.2 Å². The number of alkyl halides is 4. The molecule has 0 aliphatic carbocycles. The van der Waals surface area contributed by atoms with Gasteiger partial charge < -0.3 is 4.90 Å². The van der Waals surface area contributed by atoms with Crippen molar-refractivity contribution in [3.05, 3.63) is 0 Å². The van der Waals surface area contributed by atoms with Gasteiger partial charge in [0.15, 0.2) is 0 Å². The summed E-state index contributed by atoms with van der Waals surface area (Å²) in [6, 6.07) is 0. The zero-order chi connectivity index (χ0) is 10.1. The Labute approximate surface area is 72.5 Å². The van der Waals surface area contributed by atoms with Crippen LogP contribution in [0.2, 0.25) is 0 Å². The number of halogens is 4. The average molecular weight is 199 g/mol. The van der Waals surface area contributed by atoms with Gasteiger partial charge in [0.25, 0.3) is 0 Å². The highest BCUT2D eigenvalue weighted by Gasteiger charge is 2.43. The van der Waals surface area contributed by atoms with Crippen LogP contribution in [0, 0.1) is 0 Å². The minimum atomic E-state index is -4.83. The second-order valence-corrected chi connectivity index (χ2v) is 2.96. The third kappa shape index (κ3) is 2.57. The lowest BCUT2D eigenvalue weighted by Gasteiger charge is -2.29. The summed E-state index contributed by atoms with van der Waals surface area (Å²) < 4.78 is 48.0. The Balaban J connectivity index is 2.50. The molecule has 1 saturated heterocycles. The number of hydrogen-bond donors (Lipinski definition) is 0. The number of carbonyl (C=O) groups excluding carboxylic acids is 1. The standard InChI is InChI=1S/C7H9F4NO/c8-5-1-3-12(4-2-5)6(13)7(9,10)11/h5H,1-4H2. The van der Waals surface area contributed by atoms with E-state index in [1.807, 2.05) is 0 Å². The quantitative estimate of drug-likeness (QED) is 0.541. The van der Waals surface area contributed by atoms with Crippen molar-refractivity contribution in [1.82, 2.24) is 4.90 Å². The van der Waals surface area contributed by atoms with Crippen molar-refractivity contribution in [1.29, 1.82) is 0 Å². The van der Waals surface area contributed by atoms with Crippen LogP contribution < -0.4 is 0 Å². The second kappa shape index (κ2) is 3.51. The molecule has 0 saturated carbocycles. The van der Waals surface area contributed by atoms with Gasteiger partial charge in [-0.1, -0.05) is 0 Å². The van der Waals surface area contributed by atoms with E-state index >= 15 is 0 Å². The first-order chi connectivity index (χ1) is 5.91. The van der Waals surface area contributed by atoms with Gasteiger partial charge in [0.05, 0.1) is 0 Å². The van der Waals surface area contributed by atoms with Gasteiger partial charge in [0.1, 0.15) is 6.17 Å². The molecule has 1 fully saturated rings.